The fraction of sp³-hybridized carbons (Fsp3) is 0.471. The number of carbonyl (C=O) groups excluding carboxylic acids is 3. The molecule has 1 aliphatic heterocycles. The van der Waals surface area contributed by atoms with Crippen molar-refractivity contribution in [2.24, 2.45) is 0 Å². The van der Waals surface area contributed by atoms with Gasteiger partial charge in [0.25, 0.3) is 0 Å². The molecule has 5 nitrogen and oxygen atoms in total. The van der Waals surface area contributed by atoms with Crippen LogP contribution >= 0.6 is 11.8 Å². The number of hydrogen-bond donors (Lipinski definition) is 1. The minimum absolute atomic E-state index is 0.223. The van der Waals surface area contributed by atoms with Gasteiger partial charge in [0.05, 0.1) is 10.5 Å². The lowest BCUT2D eigenvalue weighted by atomic mass is 10.2. The van der Waals surface area contributed by atoms with Gasteiger partial charge < -0.3 is 5.32 Å². The summed E-state index contributed by atoms with van der Waals surface area (Å²) in [4.78, 5) is 38.1. The lowest BCUT2D eigenvalue weighted by molar-refractivity contribution is -0.147. The molecule has 1 aromatic carbocycles. The zero-order valence-corrected chi connectivity index (χ0v) is 14.5. The molecule has 0 radical (unpaired) electrons. The number of amides is 3. The number of anilines is 1. The summed E-state index contributed by atoms with van der Waals surface area (Å²) in [5.41, 5.74) is 1.70. The number of hydrogen-bond acceptors (Lipinski definition) is 4. The van der Waals surface area contributed by atoms with Crippen LogP contribution in [0.1, 0.15) is 32.3 Å². The van der Waals surface area contributed by atoms with Gasteiger partial charge in [-0.2, -0.15) is 0 Å². The van der Waals surface area contributed by atoms with E-state index >= 15 is 0 Å². The molecule has 0 unspecified atom stereocenters. The topological polar surface area (TPSA) is 66.5 Å². The Hall–Kier alpha value is -1.82. The molecule has 3 amide bonds. The van der Waals surface area contributed by atoms with Crippen molar-refractivity contribution in [1.82, 2.24) is 4.90 Å². The summed E-state index contributed by atoms with van der Waals surface area (Å²) in [5.74, 6) is -0.868. The van der Waals surface area contributed by atoms with E-state index in [9.17, 15) is 14.4 Å². The van der Waals surface area contributed by atoms with Crippen molar-refractivity contribution in [3.05, 3.63) is 29.8 Å². The third-order valence-electron chi connectivity index (χ3n) is 3.76. The van der Waals surface area contributed by atoms with E-state index in [0.29, 0.717) is 18.5 Å². The summed E-state index contributed by atoms with van der Waals surface area (Å²) in [6.07, 6.45) is 1.31. The predicted molar refractivity (Wildman–Crippen MR) is 92.3 cm³/mol. The minimum Gasteiger partial charge on any atom is -0.325 e. The molecule has 1 aromatic rings. The van der Waals surface area contributed by atoms with Crippen LogP contribution in [0.4, 0.5) is 5.69 Å². The molecular formula is C17H22N2O3S. The maximum Gasteiger partial charge on any atom is 0.244 e. The van der Waals surface area contributed by atoms with E-state index in [0.717, 1.165) is 10.5 Å². The first-order valence-electron chi connectivity index (χ1n) is 7.83. The van der Waals surface area contributed by atoms with E-state index in [2.05, 4.69) is 5.32 Å². The lowest BCUT2D eigenvalue weighted by Crippen LogP contribution is -2.53. The Kier molecular flexibility index (Phi) is 5.82. The molecule has 6 heteroatoms. The highest BCUT2D eigenvalue weighted by atomic mass is 32.2. The Labute approximate surface area is 140 Å². The number of benzene rings is 1. The maximum atomic E-state index is 12.4. The normalized spacial score (nSPS) is 21.4. The number of nitrogens with zero attached hydrogens (tertiary/aromatic N) is 1. The highest BCUT2D eigenvalue weighted by molar-refractivity contribution is 8.02. The number of nitrogens with one attached hydrogen (secondary N) is 1. The maximum absolute atomic E-state index is 12.4. The van der Waals surface area contributed by atoms with Crippen molar-refractivity contribution in [1.29, 1.82) is 0 Å². The number of aryl methyl sites for hydroxylation is 1. The van der Waals surface area contributed by atoms with Crippen LogP contribution in [-0.2, 0) is 14.4 Å². The summed E-state index contributed by atoms with van der Waals surface area (Å²) >= 11 is 1.41. The van der Waals surface area contributed by atoms with Crippen LogP contribution in [0.25, 0.3) is 0 Å². The molecule has 1 fully saturated rings. The molecule has 1 saturated heterocycles. The molecule has 1 N–H and O–H groups in total. The summed E-state index contributed by atoms with van der Waals surface area (Å²) in [5, 5.41) is 2.25. The first kappa shape index (κ1) is 17.5. The van der Waals surface area contributed by atoms with Crippen molar-refractivity contribution in [3.63, 3.8) is 0 Å². The van der Waals surface area contributed by atoms with Crippen LogP contribution < -0.4 is 5.32 Å². The number of carbonyl (C=O) groups is 3. The Balaban J connectivity index is 2.08. The van der Waals surface area contributed by atoms with Gasteiger partial charge in [0.1, 0.15) is 6.54 Å². The van der Waals surface area contributed by atoms with Crippen molar-refractivity contribution in [3.8, 4) is 0 Å². The third kappa shape index (κ3) is 4.13. The zero-order chi connectivity index (χ0) is 17.0. The average molecular weight is 334 g/mol. The Bertz CT molecular complexity index is 596. The van der Waals surface area contributed by atoms with Gasteiger partial charge in [0.2, 0.25) is 17.7 Å². The lowest BCUT2D eigenvalue weighted by Gasteiger charge is -2.34. The minimum atomic E-state index is -0.353. The summed E-state index contributed by atoms with van der Waals surface area (Å²) in [6.45, 7) is 5.55. The SMILES string of the molecule is CC[C@@H]1S[C@H](CC)C(=O)N(CC(=O)Nc2cccc(C)c2)C1=O. The highest BCUT2D eigenvalue weighted by Gasteiger charge is 2.40. The quantitative estimate of drug-likeness (QED) is 0.841. The molecule has 0 saturated carbocycles. The molecule has 23 heavy (non-hydrogen) atoms. The second kappa shape index (κ2) is 7.64. The van der Waals surface area contributed by atoms with Gasteiger partial charge in [0.15, 0.2) is 0 Å². The zero-order valence-electron chi connectivity index (χ0n) is 13.7. The van der Waals surface area contributed by atoms with Gasteiger partial charge >= 0.3 is 0 Å². The average Bonchev–Trinajstić information content (AvgIpc) is 2.52. The van der Waals surface area contributed by atoms with Crippen LogP contribution in [0, 0.1) is 6.92 Å². The largest absolute Gasteiger partial charge is 0.325 e. The molecule has 2 atom stereocenters. The first-order valence-corrected chi connectivity index (χ1v) is 8.77. The van der Waals surface area contributed by atoms with Gasteiger partial charge in [0, 0.05) is 5.69 Å². The van der Waals surface area contributed by atoms with Gasteiger partial charge in [-0.25, -0.2) is 0 Å². The summed E-state index contributed by atoms with van der Waals surface area (Å²) in [6, 6.07) is 7.41. The summed E-state index contributed by atoms with van der Waals surface area (Å²) < 4.78 is 0. The monoisotopic (exact) mass is 334 g/mol. The molecule has 2 rings (SSSR count). The molecule has 0 aromatic heterocycles. The van der Waals surface area contributed by atoms with Gasteiger partial charge in [-0.05, 0) is 37.5 Å². The third-order valence-corrected chi connectivity index (χ3v) is 5.48. The van der Waals surface area contributed by atoms with Crippen LogP contribution in [0.15, 0.2) is 24.3 Å². The van der Waals surface area contributed by atoms with E-state index in [1.807, 2.05) is 39.0 Å². The van der Waals surface area contributed by atoms with E-state index < -0.39 is 0 Å². The Morgan fingerprint density at radius 3 is 2.30 bits per heavy atom. The predicted octanol–water partition coefficient (Wildman–Crippen LogP) is 2.59. The Morgan fingerprint density at radius 2 is 1.78 bits per heavy atom. The summed E-state index contributed by atoms with van der Waals surface area (Å²) in [7, 11) is 0. The van der Waals surface area contributed by atoms with Crippen molar-refractivity contribution >= 4 is 35.2 Å². The van der Waals surface area contributed by atoms with Crippen LogP contribution in [-0.4, -0.2) is 39.7 Å². The second-order valence-electron chi connectivity index (χ2n) is 5.61. The molecule has 0 bridgehead atoms. The van der Waals surface area contributed by atoms with E-state index in [4.69, 9.17) is 0 Å². The molecule has 1 aliphatic rings. The van der Waals surface area contributed by atoms with E-state index in [1.165, 1.54) is 11.8 Å². The van der Waals surface area contributed by atoms with Crippen LogP contribution in [0.5, 0.6) is 0 Å². The van der Waals surface area contributed by atoms with Gasteiger partial charge in [-0.15, -0.1) is 11.8 Å². The Morgan fingerprint density at radius 1 is 1.17 bits per heavy atom. The smallest absolute Gasteiger partial charge is 0.244 e. The number of imide groups is 1. The number of rotatable bonds is 5. The van der Waals surface area contributed by atoms with Crippen LogP contribution in [0.2, 0.25) is 0 Å². The molecule has 124 valence electrons. The number of thioether (sulfide) groups is 1. The molecule has 0 spiro atoms. The van der Waals surface area contributed by atoms with Crippen molar-refractivity contribution in [2.75, 3.05) is 11.9 Å². The van der Waals surface area contributed by atoms with Crippen molar-refractivity contribution in [2.45, 2.75) is 44.1 Å². The molecule has 1 heterocycles. The van der Waals surface area contributed by atoms with Gasteiger partial charge in [-0.1, -0.05) is 26.0 Å². The van der Waals surface area contributed by atoms with Gasteiger partial charge in [-0.3, -0.25) is 19.3 Å². The highest BCUT2D eigenvalue weighted by Crippen LogP contribution is 2.31. The van der Waals surface area contributed by atoms with E-state index in [-0.39, 0.29) is 34.8 Å². The van der Waals surface area contributed by atoms with E-state index in [1.54, 1.807) is 6.07 Å². The van der Waals surface area contributed by atoms with Crippen LogP contribution in [0.3, 0.4) is 0 Å². The molecule has 0 aliphatic carbocycles. The first-order chi connectivity index (χ1) is 11.0. The standard InChI is InChI=1S/C17H22N2O3S/c1-4-13-16(21)19(17(22)14(5-2)23-13)10-15(20)18-12-8-6-7-11(3)9-12/h6-9,13-14H,4-5,10H2,1-3H3,(H,18,20)/t13-,14+. The molecular weight excluding hydrogens is 312 g/mol. The fourth-order valence-electron chi connectivity index (χ4n) is 2.54. The van der Waals surface area contributed by atoms with Crippen molar-refractivity contribution < 1.29 is 14.4 Å². The second-order valence-corrected chi connectivity index (χ2v) is 7.02. The fourth-order valence-corrected chi connectivity index (χ4v) is 3.80.